The Bertz CT molecular complexity index is 599. The van der Waals surface area contributed by atoms with Crippen LogP contribution in [0.5, 0.6) is 0 Å². The predicted molar refractivity (Wildman–Crippen MR) is 89.8 cm³/mol. The molecule has 0 saturated carbocycles. The SMILES string of the molecule is CN=C(NCCOC)NCc1cccc(-c2ccccn2)c1. The number of nitrogens with zero attached hydrogens (tertiary/aromatic N) is 2. The Kier molecular flexibility index (Phi) is 6.39. The van der Waals surface area contributed by atoms with Crippen molar-refractivity contribution in [3.63, 3.8) is 0 Å². The molecule has 2 rings (SSSR count). The number of aliphatic imine (C=N–C) groups is 1. The first-order valence-electron chi connectivity index (χ1n) is 7.27. The molecule has 0 spiro atoms. The highest BCUT2D eigenvalue weighted by Gasteiger charge is 2.01. The molecule has 0 unspecified atom stereocenters. The first-order valence-corrected chi connectivity index (χ1v) is 7.27. The van der Waals surface area contributed by atoms with Crippen molar-refractivity contribution in [3.8, 4) is 11.3 Å². The Hall–Kier alpha value is -2.40. The van der Waals surface area contributed by atoms with Crippen LogP contribution in [0.15, 0.2) is 53.7 Å². The van der Waals surface area contributed by atoms with Gasteiger partial charge in [0.1, 0.15) is 0 Å². The van der Waals surface area contributed by atoms with Gasteiger partial charge in [-0.2, -0.15) is 0 Å². The van der Waals surface area contributed by atoms with Gasteiger partial charge in [0.15, 0.2) is 5.96 Å². The smallest absolute Gasteiger partial charge is 0.191 e. The van der Waals surface area contributed by atoms with Crippen LogP contribution in [0.25, 0.3) is 11.3 Å². The third-order valence-electron chi connectivity index (χ3n) is 3.17. The normalized spacial score (nSPS) is 11.3. The predicted octanol–water partition coefficient (Wildman–Crippen LogP) is 2.06. The Morgan fingerprint density at radius 2 is 2.09 bits per heavy atom. The number of methoxy groups -OCH3 is 1. The second-order valence-corrected chi connectivity index (χ2v) is 4.76. The quantitative estimate of drug-likeness (QED) is 0.487. The lowest BCUT2D eigenvalue weighted by Gasteiger charge is -2.12. The van der Waals surface area contributed by atoms with Gasteiger partial charge in [0.05, 0.1) is 12.3 Å². The van der Waals surface area contributed by atoms with E-state index in [9.17, 15) is 0 Å². The van der Waals surface area contributed by atoms with Crippen LogP contribution in [0, 0.1) is 0 Å². The largest absolute Gasteiger partial charge is 0.383 e. The third-order valence-corrected chi connectivity index (χ3v) is 3.17. The molecule has 0 fully saturated rings. The van der Waals surface area contributed by atoms with E-state index in [0.717, 1.165) is 23.8 Å². The van der Waals surface area contributed by atoms with Gasteiger partial charge in [-0.25, -0.2) is 0 Å². The maximum Gasteiger partial charge on any atom is 0.191 e. The van der Waals surface area contributed by atoms with E-state index in [-0.39, 0.29) is 0 Å². The summed E-state index contributed by atoms with van der Waals surface area (Å²) in [5.74, 6) is 0.764. The molecule has 2 N–H and O–H groups in total. The molecule has 1 aromatic carbocycles. The summed E-state index contributed by atoms with van der Waals surface area (Å²) in [7, 11) is 3.44. The van der Waals surface area contributed by atoms with E-state index in [1.807, 2.05) is 30.5 Å². The first-order chi connectivity index (χ1) is 10.8. The minimum atomic E-state index is 0.649. The fourth-order valence-electron chi connectivity index (χ4n) is 2.05. The highest BCUT2D eigenvalue weighted by molar-refractivity contribution is 5.79. The Labute approximate surface area is 131 Å². The summed E-state index contributed by atoms with van der Waals surface area (Å²) in [6.45, 7) is 2.08. The van der Waals surface area contributed by atoms with E-state index in [0.29, 0.717) is 13.2 Å². The van der Waals surface area contributed by atoms with Crippen LogP contribution in [0.2, 0.25) is 0 Å². The lowest BCUT2D eigenvalue weighted by atomic mass is 10.1. The fourth-order valence-corrected chi connectivity index (χ4v) is 2.05. The number of ether oxygens (including phenoxy) is 1. The van der Waals surface area contributed by atoms with Crippen LogP contribution in [-0.2, 0) is 11.3 Å². The molecule has 0 aliphatic carbocycles. The Morgan fingerprint density at radius 1 is 1.18 bits per heavy atom. The molecule has 0 atom stereocenters. The van der Waals surface area contributed by atoms with Gasteiger partial charge in [0.2, 0.25) is 0 Å². The molecule has 5 nitrogen and oxygen atoms in total. The van der Waals surface area contributed by atoms with E-state index in [2.05, 4.69) is 38.8 Å². The van der Waals surface area contributed by atoms with Gasteiger partial charge in [-0.1, -0.05) is 24.3 Å². The molecule has 0 saturated heterocycles. The Balaban J connectivity index is 1.96. The molecule has 1 aromatic heterocycles. The summed E-state index contributed by atoms with van der Waals surface area (Å²) in [6, 6.07) is 14.3. The molecule has 2 aromatic rings. The zero-order chi connectivity index (χ0) is 15.6. The van der Waals surface area contributed by atoms with E-state index in [4.69, 9.17) is 4.74 Å². The molecule has 0 amide bonds. The summed E-state index contributed by atoms with van der Waals surface area (Å²) in [5.41, 5.74) is 3.27. The van der Waals surface area contributed by atoms with Crippen molar-refractivity contribution in [1.82, 2.24) is 15.6 Å². The highest BCUT2D eigenvalue weighted by atomic mass is 16.5. The molecule has 22 heavy (non-hydrogen) atoms. The molecular weight excluding hydrogens is 276 g/mol. The zero-order valence-electron chi connectivity index (χ0n) is 13.0. The van der Waals surface area contributed by atoms with Gasteiger partial charge in [-0.05, 0) is 23.8 Å². The van der Waals surface area contributed by atoms with Crippen LogP contribution in [0.4, 0.5) is 0 Å². The average Bonchev–Trinajstić information content (AvgIpc) is 2.59. The summed E-state index contributed by atoms with van der Waals surface area (Å²) >= 11 is 0. The number of guanidine groups is 1. The number of nitrogens with one attached hydrogen (secondary N) is 2. The van der Waals surface area contributed by atoms with Crippen molar-refractivity contribution < 1.29 is 4.74 Å². The van der Waals surface area contributed by atoms with Crippen LogP contribution in [0.1, 0.15) is 5.56 Å². The molecule has 116 valence electrons. The topological polar surface area (TPSA) is 58.5 Å². The van der Waals surface area contributed by atoms with Gasteiger partial charge in [0.25, 0.3) is 0 Å². The van der Waals surface area contributed by atoms with Crippen molar-refractivity contribution in [2.75, 3.05) is 27.3 Å². The van der Waals surface area contributed by atoms with E-state index in [1.165, 1.54) is 5.56 Å². The second kappa shape index (κ2) is 8.79. The van der Waals surface area contributed by atoms with Gasteiger partial charge in [0, 0.05) is 39.0 Å². The van der Waals surface area contributed by atoms with Crippen molar-refractivity contribution in [2.24, 2.45) is 4.99 Å². The molecular formula is C17H22N4O. The standard InChI is InChI=1S/C17H22N4O/c1-18-17(20-10-11-22-2)21-13-14-6-5-7-15(12-14)16-8-3-4-9-19-16/h3-9,12H,10-11,13H2,1-2H3,(H2,18,20,21). The minimum Gasteiger partial charge on any atom is -0.383 e. The number of pyridine rings is 1. The van der Waals surface area contributed by atoms with Crippen LogP contribution >= 0.6 is 0 Å². The van der Waals surface area contributed by atoms with Gasteiger partial charge >= 0.3 is 0 Å². The van der Waals surface area contributed by atoms with E-state index in [1.54, 1.807) is 14.2 Å². The number of aromatic nitrogens is 1. The molecule has 0 aliphatic heterocycles. The molecule has 0 aliphatic rings. The van der Waals surface area contributed by atoms with Gasteiger partial charge in [-0.15, -0.1) is 0 Å². The monoisotopic (exact) mass is 298 g/mol. The van der Waals surface area contributed by atoms with Crippen molar-refractivity contribution in [2.45, 2.75) is 6.54 Å². The molecule has 0 radical (unpaired) electrons. The highest BCUT2D eigenvalue weighted by Crippen LogP contribution is 2.17. The van der Waals surface area contributed by atoms with Crippen LogP contribution < -0.4 is 10.6 Å². The first kappa shape index (κ1) is 16.0. The third kappa shape index (κ3) is 4.86. The second-order valence-electron chi connectivity index (χ2n) is 4.76. The maximum absolute atomic E-state index is 5.01. The maximum atomic E-state index is 5.01. The average molecular weight is 298 g/mol. The van der Waals surface area contributed by atoms with E-state index < -0.39 is 0 Å². The number of hydrogen-bond acceptors (Lipinski definition) is 3. The van der Waals surface area contributed by atoms with Crippen LogP contribution in [-0.4, -0.2) is 38.3 Å². The fraction of sp³-hybridized carbons (Fsp3) is 0.294. The summed E-state index contributed by atoms with van der Waals surface area (Å²) in [5, 5.41) is 6.47. The molecule has 1 heterocycles. The zero-order valence-corrected chi connectivity index (χ0v) is 13.0. The van der Waals surface area contributed by atoms with Crippen molar-refractivity contribution >= 4 is 5.96 Å². The minimum absolute atomic E-state index is 0.649. The molecule has 0 bridgehead atoms. The van der Waals surface area contributed by atoms with Gasteiger partial charge < -0.3 is 15.4 Å². The number of rotatable bonds is 6. The Morgan fingerprint density at radius 3 is 2.82 bits per heavy atom. The van der Waals surface area contributed by atoms with Crippen LogP contribution in [0.3, 0.4) is 0 Å². The summed E-state index contributed by atoms with van der Waals surface area (Å²) in [4.78, 5) is 8.56. The number of benzene rings is 1. The lowest BCUT2D eigenvalue weighted by molar-refractivity contribution is 0.203. The van der Waals surface area contributed by atoms with E-state index >= 15 is 0 Å². The summed E-state index contributed by atoms with van der Waals surface area (Å²) < 4.78 is 5.01. The summed E-state index contributed by atoms with van der Waals surface area (Å²) in [6.07, 6.45) is 1.81. The number of hydrogen-bond donors (Lipinski definition) is 2. The van der Waals surface area contributed by atoms with Gasteiger partial charge in [-0.3, -0.25) is 9.98 Å². The van der Waals surface area contributed by atoms with Crippen molar-refractivity contribution in [3.05, 3.63) is 54.2 Å². The molecule has 5 heteroatoms. The van der Waals surface area contributed by atoms with Crippen molar-refractivity contribution in [1.29, 1.82) is 0 Å². The lowest BCUT2D eigenvalue weighted by Crippen LogP contribution is -2.38.